The lowest BCUT2D eigenvalue weighted by Gasteiger charge is -1.99. The highest BCUT2D eigenvalue weighted by Crippen LogP contribution is 2.28. The smallest absolute Gasteiger partial charge is 0.244 e. The quantitative estimate of drug-likeness (QED) is 0.548. The van der Waals surface area contributed by atoms with E-state index in [0.717, 1.165) is 21.8 Å². The molecule has 2 aromatic heterocycles. The maximum absolute atomic E-state index is 11.8. The lowest BCUT2D eigenvalue weighted by molar-refractivity contribution is -0.116. The maximum Gasteiger partial charge on any atom is 0.244 e. The number of nitrogens with one attached hydrogen (secondary N) is 1. The first-order chi connectivity index (χ1) is 11.8. The SMILES string of the molecule is C=CCNC(=O)/C=C/c1cn(-c2ccccc2)nc1-c1cccs1. The number of carbonyl (C=O) groups excluding carboxylic acids is 1. The Labute approximate surface area is 144 Å². The molecule has 0 aliphatic carbocycles. The van der Waals surface area contributed by atoms with Gasteiger partial charge in [-0.3, -0.25) is 4.79 Å². The standard InChI is InChI=1S/C19H17N3OS/c1-2-12-20-18(23)11-10-15-14-22(16-7-4-3-5-8-16)21-19(15)17-9-6-13-24-17/h2-11,13-14H,1,12H2,(H,20,23)/b11-10+. The first-order valence-corrected chi connectivity index (χ1v) is 8.41. The minimum Gasteiger partial charge on any atom is -0.349 e. The number of rotatable bonds is 6. The normalized spacial score (nSPS) is 10.8. The Morgan fingerprint density at radius 3 is 2.79 bits per heavy atom. The molecule has 1 N–H and O–H groups in total. The zero-order chi connectivity index (χ0) is 16.8. The predicted octanol–water partition coefficient (Wildman–Crippen LogP) is 3.92. The van der Waals surface area contributed by atoms with Gasteiger partial charge in [-0.15, -0.1) is 17.9 Å². The Morgan fingerprint density at radius 1 is 1.25 bits per heavy atom. The fourth-order valence-corrected chi connectivity index (χ4v) is 2.96. The van der Waals surface area contributed by atoms with Gasteiger partial charge in [-0.25, -0.2) is 4.68 Å². The van der Waals surface area contributed by atoms with Crippen LogP contribution in [-0.4, -0.2) is 22.2 Å². The van der Waals surface area contributed by atoms with Crippen LogP contribution in [-0.2, 0) is 4.79 Å². The van der Waals surface area contributed by atoms with Gasteiger partial charge in [0.15, 0.2) is 0 Å². The third-order valence-corrected chi connectivity index (χ3v) is 4.23. The molecule has 3 rings (SSSR count). The number of benzene rings is 1. The number of amides is 1. The van der Waals surface area contributed by atoms with Crippen molar-refractivity contribution in [3.05, 3.63) is 78.3 Å². The van der Waals surface area contributed by atoms with Gasteiger partial charge in [0.2, 0.25) is 5.91 Å². The third kappa shape index (κ3) is 3.70. The minimum atomic E-state index is -0.153. The van der Waals surface area contributed by atoms with Crippen molar-refractivity contribution in [3.8, 4) is 16.3 Å². The summed E-state index contributed by atoms with van der Waals surface area (Å²) in [5.74, 6) is -0.153. The fourth-order valence-electron chi connectivity index (χ4n) is 2.22. The van der Waals surface area contributed by atoms with E-state index in [4.69, 9.17) is 5.10 Å². The van der Waals surface area contributed by atoms with Crippen LogP contribution in [0.25, 0.3) is 22.3 Å². The zero-order valence-electron chi connectivity index (χ0n) is 13.1. The van der Waals surface area contributed by atoms with Crippen molar-refractivity contribution in [1.29, 1.82) is 0 Å². The maximum atomic E-state index is 11.8. The highest BCUT2D eigenvalue weighted by molar-refractivity contribution is 7.13. The average molecular weight is 335 g/mol. The van der Waals surface area contributed by atoms with Crippen LogP contribution in [0.15, 0.2) is 72.8 Å². The zero-order valence-corrected chi connectivity index (χ0v) is 13.9. The average Bonchev–Trinajstić information content (AvgIpc) is 3.28. The number of hydrogen-bond acceptors (Lipinski definition) is 3. The fraction of sp³-hybridized carbons (Fsp3) is 0.0526. The van der Waals surface area contributed by atoms with E-state index in [9.17, 15) is 4.79 Å². The van der Waals surface area contributed by atoms with E-state index in [0.29, 0.717) is 6.54 Å². The lowest BCUT2D eigenvalue weighted by Crippen LogP contribution is -2.20. The van der Waals surface area contributed by atoms with Crippen molar-refractivity contribution >= 4 is 23.3 Å². The second-order valence-electron chi connectivity index (χ2n) is 5.06. The molecule has 1 amide bonds. The number of hydrogen-bond donors (Lipinski definition) is 1. The first-order valence-electron chi connectivity index (χ1n) is 7.53. The molecule has 4 nitrogen and oxygen atoms in total. The van der Waals surface area contributed by atoms with Gasteiger partial charge in [0.25, 0.3) is 0 Å². The monoisotopic (exact) mass is 335 g/mol. The Morgan fingerprint density at radius 2 is 2.08 bits per heavy atom. The van der Waals surface area contributed by atoms with Crippen molar-refractivity contribution in [3.63, 3.8) is 0 Å². The Balaban J connectivity index is 1.95. The largest absolute Gasteiger partial charge is 0.349 e. The summed E-state index contributed by atoms with van der Waals surface area (Å²) >= 11 is 1.62. The van der Waals surface area contributed by atoms with E-state index in [1.165, 1.54) is 6.08 Å². The van der Waals surface area contributed by atoms with Gasteiger partial charge in [0, 0.05) is 24.4 Å². The van der Waals surface area contributed by atoms with E-state index >= 15 is 0 Å². The second-order valence-corrected chi connectivity index (χ2v) is 6.01. The van der Waals surface area contributed by atoms with Crippen molar-refractivity contribution in [2.24, 2.45) is 0 Å². The van der Waals surface area contributed by atoms with E-state index in [2.05, 4.69) is 11.9 Å². The topological polar surface area (TPSA) is 46.9 Å². The molecule has 0 aliphatic rings. The van der Waals surface area contributed by atoms with Crippen LogP contribution in [0.4, 0.5) is 0 Å². The van der Waals surface area contributed by atoms with Gasteiger partial charge in [0.1, 0.15) is 5.69 Å². The van der Waals surface area contributed by atoms with E-state index in [1.54, 1.807) is 23.5 Å². The third-order valence-electron chi connectivity index (χ3n) is 3.35. The summed E-state index contributed by atoms with van der Waals surface area (Å²) in [6.45, 7) is 4.03. The van der Waals surface area contributed by atoms with E-state index in [1.807, 2.05) is 58.7 Å². The summed E-state index contributed by atoms with van der Waals surface area (Å²) in [6, 6.07) is 13.9. The Hall–Kier alpha value is -2.92. The summed E-state index contributed by atoms with van der Waals surface area (Å²) in [4.78, 5) is 12.8. The van der Waals surface area contributed by atoms with Crippen molar-refractivity contribution < 1.29 is 4.79 Å². The molecule has 0 unspecified atom stereocenters. The molecule has 0 spiro atoms. The van der Waals surface area contributed by atoms with Crippen LogP contribution in [0, 0.1) is 0 Å². The molecule has 0 saturated heterocycles. The molecule has 5 heteroatoms. The van der Waals surface area contributed by atoms with Crippen molar-refractivity contribution in [1.82, 2.24) is 15.1 Å². The molecule has 0 saturated carbocycles. The molecule has 120 valence electrons. The Bertz CT molecular complexity index is 848. The van der Waals surface area contributed by atoms with Gasteiger partial charge >= 0.3 is 0 Å². The van der Waals surface area contributed by atoms with Crippen LogP contribution in [0.3, 0.4) is 0 Å². The highest BCUT2D eigenvalue weighted by atomic mass is 32.1. The molecule has 0 bridgehead atoms. The summed E-state index contributed by atoms with van der Waals surface area (Å²) < 4.78 is 1.83. The Kier molecular flexibility index (Phi) is 5.03. The molecular formula is C19H17N3OS. The molecule has 3 aromatic rings. The molecule has 0 atom stereocenters. The van der Waals surface area contributed by atoms with E-state index < -0.39 is 0 Å². The lowest BCUT2D eigenvalue weighted by atomic mass is 10.2. The van der Waals surface area contributed by atoms with E-state index in [-0.39, 0.29) is 5.91 Å². The predicted molar refractivity (Wildman–Crippen MR) is 99.1 cm³/mol. The van der Waals surface area contributed by atoms with Gasteiger partial charge in [0.05, 0.1) is 10.6 Å². The molecular weight excluding hydrogens is 318 g/mol. The first kappa shape index (κ1) is 16.0. The van der Waals surface area contributed by atoms with Crippen LogP contribution >= 0.6 is 11.3 Å². The number of para-hydroxylation sites is 1. The summed E-state index contributed by atoms with van der Waals surface area (Å²) in [5.41, 5.74) is 2.74. The molecule has 0 fully saturated rings. The van der Waals surface area contributed by atoms with Crippen LogP contribution in [0.1, 0.15) is 5.56 Å². The summed E-state index contributed by atoms with van der Waals surface area (Å²) in [6.07, 6.45) is 6.89. The number of carbonyl (C=O) groups is 1. The van der Waals surface area contributed by atoms with Crippen LogP contribution in [0.2, 0.25) is 0 Å². The van der Waals surface area contributed by atoms with Gasteiger partial charge in [-0.2, -0.15) is 5.10 Å². The number of nitrogens with zero attached hydrogens (tertiary/aromatic N) is 2. The van der Waals surface area contributed by atoms with Gasteiger partial charge < -0.3 is 5.32 Å². The van der Waals surface area contributed by atoms with Crippen LogP contribution < -0.4 is 5.32 Å². The summed E-state index contributed by atoms with van der Waals surface area (Å²) in [7, 11) is 0. The summed E-state index contributed by atoms with van der Waals surface area (Å²) in [5, 5.41) is 9.43. The second kappa shape index (κ2) is 7.57. The van der Waals surface area contributed by atoms with Crippen molar-refractivity contribution in [2.45, 2.75) is 0 Å². The molecule has 2 heterocycles. The van der Waals surface area contributed by atoms with Crippen LogP contribution in [0.5, 0.6) is 0 Å². The van der Waals surface area contributed by atoms with Gasteiger partial charge in [-0.1, -0.05) is 30.3 Å². The molecule has 0 radical (unpaired) electrons. The molecule has 1 aromatic carbocycles. The number of thiophene rings is 1. The number of aromatic nitrogens is 2. The minimum absolute atomic E-state index is 0.153. The highest BCUT2D eigenvalue weighted by Gasteiger charge is 2.11. The van der Waals surface area contributed by atoms with Crippen molar-refractivity contribution in [2.75, 3.05) is 6.54 Å². The molecule has 0 aliphatic heterocycles. The molecule has 24 heavy (non-hydrogen) atoms. The van der Waals surface area contributed by atoms with Gasteiger partial charge in [-0.05, 0) is 29.7 Å².